The first-order valence-corrected chi connectivity index (χ1v) is 9.29. The summed E-state index contributed by atoms with van der Waals surface area (Å²) in [6, 6.07) is 7.51. The highest BCUT2D eigenvalue weighted by molar-refractivity contribution is 5.95. The minimum Gasteiger partial charge on any atom is -0.378 e. The molecule has 2 heterocycles. The van der Waals surface area contributed by atoms with E-state index in [0.29, 0.717) is 31.7 Å². The normalized spacial score (nSPS) is 14.0. The molecule has 2 N–H and O–H groups in total. The lowest BCUT2D eigenvalue weighted by atomic mass is 10.0. The number of aromatic nitrogens is 2. The Morgan fingerprint density at radius 2 is 2.26 bits per heavy atom. The minimum absolute atomic E-state index is 0.112. The van der Waals surface area contributed by atoms with Gasteiger partial charge >= 0.3 is 0 Å². The molecule has 7 heteroatoms. The van der Waals surface area contributed by atoms with Crippen LogP contribution in [0.1, 0.15) is 41.0 Å². The molecule has 0 unspecified atom stereocenters. The topological polar surface area (TPSA) is 87.3 Å². The number of carbonyl (C=O) groups is 2. The van der Waals surface area contributed by atoms with E-state index in [4.69, 9.17) is 4.74 Å². The van der Waals surface area contributed by atoms with Gasteiger partial charge in [-0.15, -0.1) is 0 Å². The molecule has 144 valence electrons. The van der Waals surface area contributed by atoms with Crippen molar-refractivity contribution >= 4 is 11.8 Å². The van der Waals surface area contributed by atoms with Crippen molar-refractivity contribution in [3.8, 4) is 11.1 Å². The Balaban J connectivity index is 1.60. The number of H-pyrrole nitrogens is 1. The summed E-state index contributed by atoms with van der Waals surface area (Å²) in [4.78, 5) is 25.9. The maximum absolute atomic E-state index is 12.5. The molecule has 0 bridgehead atoms. The van der Waals surface area contributed by atoms with Gasteiger partial charge in [-0.2, -0.15) is 5.10 Å². The van der Waals surface area contributed by atoms with Crippen LogP contribution in [0.5, 0.6) is 0 Å². The van der Waals surface area contributed by atoms with Gasteiger partial charge in [-0.3, -0.25) is 14.7 Å². The highest BCUT2D eigenvalue weighted by Crippen LogP contribution is 2.27. The summed E-state index contributed by atoms with van der Waals surface area (Å²) in [6.07, 6.45) is 2.35. The van der Waals surface area contributed by atoms with E-state index in [1.807, 2.05) is 30.0 Å². The molecule has 1 aliphatic heterocycles. The van der Waals surface area contributed by atoms with Crippen molar-refractivity contribution in [1.29, 1.82) is 0 Å². The van der Waals surface area contributed by atoms with Gasteiger partial charge in [0.05, 0.1) is 12.3 Å². The van der Waals surface area contributed by atoms with E-state index >= 15 is 0 Å². The highest BCUT2D eigenvalue weighted by Gasteiger charge is 2.19. The quantitative estimate of drug-likeness (QED) is 0.698. The van der Waals surface area contributed by atoms with Gasteiger partial charge in [0.15, 0.2) is 0 Å². The van der Waals surface area contributed by atoms with E-state index < -0.39 is 0 Å². The lowest BCUT2D eigenvalue weighted by molar-refractivity contribution is -0.127. The third-order valence-corrected chi connectivity index (χ3v) is 4.78. The van der Waals surface area contributed by atoms with Crippen LogP contribution in [-0.2, 0) is 16.1 Å². The van der Waals surface area contributed by atoms with Gasteiger partial charge in [-0.05, 0) is 37.5 Å². The first-order valence-electron chi connectivity index (χ1n) is 9.29. The molecule has 1 fully saturated rings. The highest BCUT2D eigenvalue weighted by atomic mass is 16.5. The van der Waals surface area contributed by atoms with E-state index in [9.17, 15) is 9.59 Å². The Morgan fingerprint density at radius 1 is 1.41 bits per heavy atom. The van der Waals surface area contributed by atoms with Gasteiger partial charge in [0.1, 0.15) is 0 Å². The molecule has 1 aromatic carbocycles. The monoisotopic (exact) mass is 370 g/mol. The predicted molar refractivity (Wildman–Crippen MR) is 102 cm³/mol. The van der Waals surface area contributed by atoms with Crippen LogP contribution < -0.4 is 5.32 Å². The standard InChI is InChI=1S/C20H26N4O3/c1-14-19(17(13-27-2)23-22-14)15-6-3-7-16(12-15)20(26)21-9-5-11-24-10-4-8-18(24)25/h3,6-7,12H,4-5,8-11,13H2,1-2H3,(H,21,26)(H,22,23). The molecule has 0 saturated carbocycles. The van der Waals surface area contributed by atoms with Crippen LogP contribution in [0.25, 0.3) is 11.1 Å². The predicted octanol–water partition coefficient (Wildman–Crippen LogP) is 2.27. The Kier molecular flexibility index (Phi) is 6.24. The third-order valence-electron chi connectivity index (χ3n) is 4.78. The molecular formula is C20H26N4O3. The van der Waals surface area contributed by atoms with Gasteiger partial charge < -0.3 is 15.0 Å². The molecule has 1 saturated heterocycles. The Labute approximate surface area is 159 Å². The van der Waals surface area contributed by atoms with Crippen LogP contribution in [0.4, 0.5) is 0 Å². The molecule has 27 heavy (non-hydrogen) atoms. The van der Waals surface area contributed by atoms with Crippen LogP contribution in [0.15, 0.2) is 24.3 Å². The molecule has 1 aromatic heterocycles. The summed E-state index contributed by atoms with van der Waals surface area (Å²) >= 11 is 0. The number of nitrogens with zero attached hydrogens (tertiary/aromatic N) is 2. The van der Waals surface area contributed by atoms with E-state index in [0.717, 1.165) is 41.9 Å². The largest absolute Gasteiger partial charge is 0.378 e. The maximum Gasteiger partial charge on any atom is 0.251 e. The van der Waals surface area contributed by atoms with Crippen LogP contribution in [-0.4, -0.2) is 53.7 Å². The number of nitrogens with one attached hydrogen (secondary N) is 2. The molecule has 7 nitrogen and oxygen atoms in total. The summed E-state index contributed by atoms with van der Waals surface area (Å²) < 4.78 is 5.21. The fourth-order valence-corrected chi connectivity index (χ4v) is 3.43. The van der Waals surface area contributed by atoms with Crippen molar-refractivity contribution in [2.75, 3.05) is 26.7 Å². The van der Waals surface area contributed by atoms with Gasteiger partial charge in [0.25, 0.3) is 5.91 Å². The summed E-state index contributed by atoms with van der Waals surface area (Å²) in [5, 5.41) is 10.2. The zero-order valence-electron chi connectivity index (χ0n) is 15.9. The molecule has 0 atom stereocenters. The second kappa shape index (κ2) is 8.81. The molecule has 3 rings (SSSR count). The van der Waals surface area contributed by atoms with E-state index in [2.05, 4.69) is 15.5 Å². The molecule has 0 spiro atoms. The van der Waals surface area contributed by atoms with Crippen molar-refractivity contribution in [2.45, 2.75) is 32.8 Å². The summed E-state index contributed by atoms with van der Waals surface area (Å²) in [6.45, 7) is 4.45. The van der Waals surface area contributed by atoms with Gasteiger partial charge in [0, 0.05) is 50.0 Å². The maximum atomic E-state index is 12.5. The van der Waals surface area contributed by atoms with Crippen molar-refractivity contribution in [2.24, 2.45) is 0 Å². The Morgan fingerprint density at radius 3 is 3.00 bits per heavy atom. The number of amides is 2. The van der Waals surface area contributed by atoms with E-state index in [1.165, 1.54) is 0 Å². The summed E-state index contributed by atoms with van der Waals surface area (Å²) in [7, 11) is 1.63. The zero-order chi connectivity index (χ0) is 19.2. The second-order valence-corrected chi connectivity index (χ2v) is 6.78. The lowest BCUT2D eigenvalue weighted by Crippen LogP contribution is -2.30. The van der Waals surface area contributed by atoms with Crippen molar-refractivity contribution in [1.82, 2.24) is 20.4 Å². The van der Waals surface area contributed by atoms with Gasteiger partial charge in [-0.25, -0.2) is 0 Å². The number of likely N-dealkylation sites (tertiary alicyclic amines) is 1. The Hall–Kier alpha value is -2.67. The van der Waals surface area contributed by atoms with Gasteiger partial charge in [0.2, 0.25) is 5.91 Å². The first-order chi connectivity index (χ1) is 13.1. The number of carbonyl (C=O) groups excluding carboxylic acids is 2. The number of methoxy groups -OCH3 is 1. The van der Waals surface area contributed by atoms with Crippen molar-refractivity contribution in [3.05, 3.63) is 41.2 Å². The molecule has 2 aromatic rings. The number of benzene rings is 1. The average molecular weight is 370 g/mol. The van der Waals surface area contributed by atoms with Crippen LogP contribution in [0.2, 0.25) is 0 Å². The Bertz CT molecular complexity index is 815. The molecule has 0 radical (unpaired) electrons. The van der Waals surface area contributed by atoms with Crippen molar-refractivity contribution in [3.63, 3.8) is 0 Å². The second-order valence-electron chi connectivity index (χ2n) is 6.78. The summed E-state index contributed by atoms with van der Waals surface area (Å²) in [5.74, 6) is 0.107. The molecule has 1 aliphatic rings. The van der Waals surface area contributed by atoms with E-state index in [-0.39, 0.29) is 11.8 Å². The fraction of sp³-hybridized carbons (Fsp3) is 0.450. The van der Waals surface area contributed by atoms with Gasteiger partial charge in [-0.1, -0.05) is 12.1 Å². The minimum atomic E-state index is -0.112. The molecule has 2 amide bonds. The van der Waals surface area contributed by atoms with Crippen LogP contribution >= 0.6 is 0 Å². The van der Waals surface area contributed by atoms with E-state index in [1.54, 1.807) is 13.2 Å². The fourth-order valence-electron chi connectivity index (χ4n) is 3.43. The number of hydrogen-bond acceptors (Lipinski definition) is 4. The third kappa shape index (κ3) is 4.54. The average Bonchev–Trinajstić information content (AvgIpc) is 3.24. The number of aromatic amines is 1. The number of hydrogen-bond donors (Lipinski definition) is 2. The van der Waals surface area contributed by atoms with Crippen molar-refractivity contribution < 1.29 is 14.3 Å². The SMILES string of the molecule is COCc1n[nH]c(C)c1-c1cccc(C(=O)NCCCN2CCCC2=O)c1. The number of aryl methyl sites for hydroxylation is 1. The lowest BCUT2D eigenvalue weighted by Gasteiger charge is -2.15. The zero-order valence-corrected chi connectivity index (χ0v) is 15.9. The number of ether oxygens (including phenoxy) is 1. The van der Waals surface area contributed by atoms with Crippen LogP contribution in [0, 0.1) is 6.92 Å². The first kappa shape index (κ1) is 19.1. The molecule has 0 aliphatic carbocycles. The summed E-state index contributed by atoms with van der Waals surface area (Å²) in [5.41, 5.74) is 4.27. The smallest absolute Gasteiger partial charge is 0.251 e. The number of rotatable bonds is 8. The molecular weight excluding hydrogens is 344 g/mol. The van der Waals surface area contributed by atoms with Crippen LogP contribution in [0.3, 0.4) is 0 Å².